The van der Waals surface area contributed by atoms with E-state index in [-0.39, 0.29) is 0 Å². The lowest BCUT2D eigenvalue weighted by molar-refractivity contribution is 0.568. The number of imidazole rings is 2. The number of aromatic nitrogens is 4. The van der Waals surface area contributed by atoms with Crippen molar-refractivity contribution in [2.45, 2.75) is 26.9 Å². The fraction of sp³-hybridized carbons (Fsp3) is 0.286. The Bertz CT molecular complexity index is 678. The number of nitrogens with zero attached hydrogens (tertiary/aromatic N) is 4. The molecule has 92 valence electrons. The summed E-state index contributed by atoms with van der Waals surface area (Å²) < 4.78 is 4.42. The smallest absolute Gasteiger partial charge is 0.106 e. The minimum atomic E-state index is 0.920. The van der Waals surface area contributed by atoms with E-state index in [1.807, 2.05) is 25.4 Å². The Morgan fingerprint density at radius 3 is 2.67 bits per heavy atom. The summed E-state index contributed by atoms with van der Waals surface area (Å²) in [6.07, 6.45) is 3.86. The van der Waals surface area contributed by atoms with E-state index in [4.69, 9.17) is 0 Å². The van der Waals surface area contributed by atoms with Crippen molar-refractivity contribution in [3.05, 3.63) is 48.3 Å². The molecule has 3 aromatic rings. The first kappa shape index (κ1) is 11.0. The van der Waals surface area contributed by atoms with Crippen LogP contribution in [0.25, 0.3) is 11.0 Å². The van der Waals surface area contributed by atoms with Gasteiger partial charge in [-0.2, -0.15) is 0 Å². The molecule has 0 fully saturated rings. The van der Waals surface area contributed by atoms with E-state index >= 15 is 0 Å². The number of fused-ring (bicyclic) bond motifs is 1. The van der Waals surface area contributed by atoms with Crippen molar-refractivity contribution in [2.24, 2.45) is 0 Å². The van der Waals surface area contributed by atoms with Crippen LogP contribution in [0.2, 0.25) is 0 Å². The molecular weight excluding hydrogens is 224 g/mol. The van der Waals surface area contributed by atoms with Gasteiger partial charge in [0.25, 0.3) is 0 Å². The van der Waals surface area contributed by atoms with Crippen molar-refractivity contribution in [2.75, 3.05) is 0 Å². The highest BCUT2D eigenvalue weighted by molar-refractivity contribution is 5.75. The number of hydrogen-bond acceptors (Lipinski definition) is 2. The van der Waals surface area contributed by atoms with Gasteiger partial charge in [0.1, 0.15) is 11.6 Å². The van der Waals surface area contributed by atoms with Crippen LogP contribution in [0, 0.1) is 13.8 Å². The van der Waals surface area contributed by atoms with Crippen molar-refractivity contribution < 1.29 is 0 Å². The van der Waals surface area contributed by atoms with Gasteiger partial charge in [0.2, 0.25) is 0 Å². The second-order valence-corrected chi connectivity index (χ2v) is 4.47. The summed E-state index contributed by atoms with van der Waals surface area (Å²) in [5.41, 5.74) is 2.27. The van der Waals surface area contributed by atoms with Crippen LogP contribution in [0.15, 0.2) is 36.7 Å². The highest BCUT2D eigenvalue weighted by atomic mass is 15.1. The molecule has 0 N–H and O–H groups in total. The molecule has 0 saturated heterocycles. The van der Waals surface area contributed by atoms with E-state index in [1.54, 1.807) is 0 Å². The minimum Gasteiger partial charge on any atom is -0.333 e. The van der Waals surface area contributed by atoms with Gasteiger partial charge < -0.3 is 9.13 Å². The van der Waals surface area contributed by atoms with E-state index in [0.717, 1.165) is 30.3 Å². The summed E-state index contributed by atoms with van der Waals surface area (Å²) in [4.78, 5) is 8.81. The maximum absolute atomic E-state index is 4.57. The molecule has 4 heteroatoms. The van der Waals surface area contributed by atoms with E-state index in [9.17, 15) is 0 Å². The lowest BCUT2D eigenvalue weighted by Crippen LogP contribution is -2.09. The molecule has 0 aliphatic heterocycles. The Hall–Kier alpha value is -2.10. The maximum Gasteiger partial charge on any atom is 0.106 e. The standard InChI is InChI=1S/C14H16N4/c1-11-15-7-8-17(11)9-10-18-12(2)16-13-5-3-4-6-14(13)18/h3-8H,9-10H2,1-2H3. The average Bonchev–Trinajstić information content (AvgIpc) is 2.90. The Labute approximate surface area is 106 Å². The summed E-state index contributed by atoms with van der Waals surface area (Å²) in [6.45, 7) is 5.93. The first-order valence-corrected chi connectivity index (χ1v) is 6.15. The second-order valence-electron chi connectivity index (χ2n) is 4.47. The summed E-state index contributed by atoms with van der Waals surface area (Å²) in [5, 5.41) is 0. The molecule has 3 rings (SSSR count). The van der Waals surface area contributed by atoms with Gasteiger partial charge in [0.05, 0.1) is 11.0 Å². The third-order valence-electron chi connectivity index (χ3n) is 3.33. The van der Waals surface area contributed by atoms with Crippen molar-refractivity contribution in [3.63, 3.8) is 0 Å². The largest absolute Gasteiger partial charge is 0.333 e. The van der Waals surface area contributed by atoms with E-state index < -0.39 is 0 Å². The van der Waals surface area contributed by atoms with Crippen LogP contribution < -0.4 is 0 Å². The predicted octanol–water partition coefficient (Wildman–Crippen LogP) is 2.55. The Morgan fingerprint density at radius 1 is 1.06 bits per heavy atom. The molecule has 0 radical (unpaired) electrons. The fourth-order valence-electron chi connectivity index (χ4n) is 2.33. The molecule has 0 amide bonds. The summed E-state index contributed by atoms with van der Waals surface area (Å²) >= 11 is 0. The maximum atomic E-state index is 4.57. The highest BCUT2D eigenvalue weighted by Gasteiger charge is 2.06. The van der Waals surface area contributed by atoms with Crippen molar-refractivity contribution in [1.82, 2.24) is 19.1 Å². The number of aryl methyl sites for hydroxylation is 4. The van der Waals surface area contributed by atoms with Crippen LogP contribution in [0.5, 0.6) is 0 Å². The summed E-state index contributed by atoms with van der Waals surface area (Å²) in [7, 11) is 0. The lowest BCUT2D eigenvalue weighted by Gasteiger charge is -2.08. The molecule has 1 aromatic carbocycles. The molecule has 0 saturated carbocycles. The third kappa shape index (κ3) is 1.79. The van der Waals surface area contributed by atoms with Gasteiger partial charge in [0, 0.05) is 25.5 Å². The van der Waals surface area contributed by atoms with E-state index in [0.29, 0.717) is 0 Å². The quantitative estimate of drug-likeness (QED) is 0.705. The van der Waals surface area contributed by atoms with Gasteiger partial charge in [-0.15, -0.1) is 0 Å². The third-order valence-corrected chi connectivity index (χ3v) is 3.33. The molecule has 18 heavy (non-hydrogen) atoms. The SMILES string of the molecule is Cc1nccn1CCn1c(C)nc2ccccc21. The average molecular weight is 240 g/mol. The van der Waals surface area contributed by atoms with Crippen LogP contribution in [0.4, 0.5) is 0 Å². The lowest BCUT2D eigenvalue weighted by atomic mass is 10.3. The zero-order valence-electron chi connectivity index (χ0n) is 10.7. The molecule has 0 atom stereocenters. The minimum absolute atomic E-state index is 0.920. The topological polar surface area (TPSA) is 35.6 Å². The van der Waals surface area contributed by atoms with Crippen LogP contribution in [-0.2, 0) is 13.1 Å². The van der Waals surface area contributed by atoms with Crippen LogP contribution in [0.3, 0.4) is 0 Å². The first-order chi connectivity index (χ1) is 8.75. The van der Waals surface area contributed by atoms with Crippen LogP contribution in [-0.4, -0.2) is 19.1 Å². The van der Waals surface area contributed by atoms with Crippen LogP contribution >= 0.6 is 0 Å². The summed E-state index contributed by atoms with van der Waals surface area (Å²) in [6, 6.07) is 8.26. The molecule has 2 aromatic heterocycles. The van der Waals surface area contributed by atoms with E-state index in [2.05, 4.69) is 44.2 Å². The molecule has 0 unspecified atom stereocenters. The Morgan fingerprint density at radius 2 is 1.89 bits per heavy atom. The zero-order chi connectivity index (χ0) is 12.5. The molecule has 0 aliphatic rings. The molecule has 0 aliphatic carbocycles. The molecule has 0 spiro atoms. The van der Waals surface area contributed by atoms with Gasteiger partial charge >= 0.3 is 0 Å². The highest BCUT2D eigenvalue weighted by Crippen LogP contribution is 2.15. The first-order valence-electron chi connectivity index (χ1n) is 6.15. The van der Waals surface area contributed by atoms with E-state index in [1.165, 1.54) is 5.52 Å². The van der Waals surface area contributed by atoms with Gasteiger partial charge in [-0.05, 0) is 26.0 Å². The molecule has 4 nitrogen and oxygen atoms in total. The van der Waals surface area contributed by atoms with Crippen LogP contribution in [0.1, 0.15) is 11.6 Å². The number of rotatable bonds is 3. The number of para-hydroxylation sites is 2. The van der Waals surface area contributed by atoms with Gasteiger partial charge in [-0.1, -0.05) is 12.1 Å². The fourth-order valence-corrected chi connectivity index (χ4v) is 2.33. The van der Waals surface area contributed by atoms with Gasteiger partial charge in [-0.25, -0.2) is 9.97 Å². The van der Waals surface area contributed by atoms with Gasteiger partial charge in [0.15, 0.2) is 0 Å². The second kappa shape index (κ2) is 4.29. The molecule has 0 bridgehead atoms. The predicted molar refractivity (Wildman–Crippen MR) is 71.4 cm³/mol. The Kier molecular flexibility index (Phi) is 2.63. The van der Waals surface area contributed by atoms with Crippen molar-refractivity contribution in [3.8, 4) is 0 Å². The molecular formula is C14H16N4. The zero-order valence-corrected chi connectivity index (χ0v) is 10.7. The number of hydrogen-bond donors (Lipinski definition) is 0. The normalized spacial score (nSPS) is 11.2. The van der Waals surface area contributed by atoms with Crippen molar-refractivity contribution in [1.29, 1.82) is 0 Å². The van der Waals surface area contributed by atoms with Gasteiger partial charge in [-0.3, -0.25) is 0 Å². The summed E-state index contributed by atoms with van der Waals surface area (Å²) in [5.74, 6) is 2.12. The van der Waals surface area contributed by atoms with Crippen molar-refractivity contribution >= 4 is 11.0 Å². The molecule has 2 heterocycles. The number of benzene rings is 1. The Balaban J connectivity index is 1.91. The monoisotopic (exact) mass is 240 g/mol.